The van der Waals surface area contributed by atoms with E-state index in [2.05, 4.69) is 5.32 Å². The summed E-state index contributed by atoms with van der Waals surface area (Å²) in [5.74, 6) is -0.360. The largest absolute Gasteiger partial charge is 0.355 e. The van der Waals surface area contributed by atoms with Crippen molar-refractivity contribution >= 4 is 33.4 Å². The minimum Gasteiger partial charge on any atom is -0.355 e. The van der Waals surface area contributed by atoms with Gasteiger partial charge in [0.25, 0.3) is 0 Å². The van der Waals surface area contributed by atoms with E-state index in [4.69, 9.17) is 11.6 Å². The van der Waals surface area contributed by atoms with Crippen LogP contribution in [0.1, 0.15) is 42.9 Å². The maximum absolute atomic E-state index is 13.7. The van der Waals surface area contributed by atoms with Crippen molar-refractivity contribution in [2.24, 2.45) is 0 Å². The van der Waals surface area contributed by atoms with E-state index in [1.807, 2.05) is 49.4 Å². The van der Waals surface area contributed by atoms with Crippen LogP contribution in [-0.2, 0) is 39.0 Å². The van der Waals surface area contributed by atoms with Crippen LogP contribution in [-0.4, -0.2) is 55.1 Å². The Hall–Kier alpha value is -3.20. The number of halogens is 1. The van der Waals surface area contributed by atoms with Gasteiger partial charge in [-0.25, -0.2) is 8.42 Å². The molecule has 1 fully saturated rings. The standard InChI is InChI=1S/C31H36ClN3O4S/c1-2-33-31(37)29(22-25-8-4-3-5-9-25)35(23-26-10-15-27(32)16-11-26)30(36)19-14-24-12-17-28(18-13-24)40(38,39)34-20-6-7-21-34/h3-5,8-13,15-18,29H,2,6-7,14,19-23H2,1H3,(H,33,37)/t29-/m0/s1. The summed E-state index contributed by atoms with van der Waals surface area (Å²) in [6.45, 7) is 3.68. The van der Waals surface area contributed by atoms with Crippen molar-refractivity contribution in [1.82, 2.24) is 14.5 Å². The van der Waals surface area contributed by atoms with Crippen LogP contribution in [0.15, 0.2) is 83.8 Å². The van der Waals surface area contributed by atoms with Crippen molar-refractivity contribution in [2.45, 2.75) is 56.5 Å². The molecular weight excluding hydrogens is 546 g/mol. The fraction of sp³-hybridized carbons (Fsp3) is 0.355. The van der Waals surface area contributed by atoms with Gasteiger partial charge in [0.1, 0.15) is 6.04 Å². The average Bonchev–Trinajstić information content (AvgIpc) is 3.52. The molecule has 2 amide bonds. The van der Waals surface area contributed by atoms with Crippen molar-refractivity contribution in [1.29, 1.82) is 0 Å². The predicted molar refractivity (Wildman–Crippen MR) is 157 cm³/mol. The maximum Gasteiger partial charge on any atom is 0.243 e. The van der Waals surface area contributed by atoms with E-state index in [-0.39, 0.29) is 29.7 Å². The lowest BCUT2D eigenvalue weighted by molar-refractivity contribution is -0.141. The molecule has 3 aromatic rings. The van der Waals surface area contributed by atoms with Crippen LogP contribution in [0.5, 0.6) is 0 Å². The Labute approximate surface area is 242 Å². The molecule has 0 unspecified atom stereocenters. The van der Waals surface area contributed by atoms with Crippen LogP contribution in [0, 0.1) is 0 Å². The highest BCUT2D eigenvalue weighted by atomic mass is 35.5. The van der Waals surface area contributed by atoms with Crippen molar-refractivity contribution in [2.75, 3.05) is 19.6 Å². The SMILES string of the molecule is CCNC(=O)[C@H](Cc1ccccc1)N(Cc1ccc(Cl)cc1)C(=O)CCc1ccc(S(=O)(=O)N2CCCC2)cc1. The van der Waals surface area contributed by atoms with Crippen LogP contribution >= 0.6 is 11.6 Å². The third-order valence-electron chi connectivity index (χ3n) is 7.14. The summed E-state index contributed by atoms with van der Waals surface area (Å²) in [6, 6.07) is 23.0. The first kappa shape index (κ1) is 29.8. The fourth-order valence-electron chi connectivity index (χ4n) is 4.93. The van der Waals surface area contributed by atoms with Crippen molar-refractivity contribution in [3.8, 4) is 0 Å². The van der Waals surface area contributed by atoms with E-state index >= 15 is 0 Å². The molecule has 7 nitrogen and oxygen atoms in total. The second-order valence-corrected chi connectivity index (χ2v) is 12.4. The molecule has 212 valence electrons. The lowest BCUT2D eigenvalue weighted by Crippen LogP contribution is -2.50. The van der Waals surface area contributed by atoms with Crippen LogP contribution in [0.4, 0.5) is 0 Å². The molecule has 4 rings (SSSR count). The lowest BCUT2D eigenvalue weighted by atomic mass is 10.0. The number of hydrogen-bond acceptors (Lipinski definition) is 4. The first-order valence-corrected chi connectivity index (χ1v) is 15.5. The smallest absolute Gasteiger partial charge is 0.243 e. The second-order valence-electron chi connectivity index (χ2n) is 10.0. The number of carbonyl (C=O) groups is 2. The summed E-state index contributed by atoms with van der Waals surface area (Å²) >= 11 is 6.08. The molecule has 9 heteroatoms. The number of nitrogens with one attached hydrogen (secondary N) is 1. The summed E-state index contributed by atoms with van der Waals surface area (Å²) < 4.78 is 27.2. The third-order valence-corrected chi connectivity index (χ3v) is 9.31. The highest BCUT2D eigenvalue weighted by Gasteiger charge is 2.30. The van der Waals surface area contributed by atoms with Gasteiger partial charge in [0, 0.05) is 44.0 Å². The van der Waals surface area contributed by atoms with Gasteiger partial charge in [0.05, 0.1) is 4.90 Å². The highest BCUT2D eigenvalue weighted by molar-refractivity contribution is 7.89. The van der Waals surface area contributed by atoms with Gasteiger partial charge >= 0.3 is 0 Å². The molecule has 1 heterocycles. The summed E-state index contributed by atoms with van der Waals surface area (Å²) in [4.78, 5) is 28.9. The molecule has 0 bridgehead atoms. The molecule has 1 saturated heterocycles. The molecule has 1 aliphatic heterocycles. The molecule has 40 heavy (non-hydrogen) atoms. The number of hydrogen-bond donors (Lipinski definition) is 1. The van der Waals surface area contributed by atoms with Crippen molar-refractivity contribution in [3.63, 3.8) is 0 Å². The first-order chi connectivity index (χ1) is 19.3. The van der Waals surface area contributed by atoms with Crippen LogP contribution < -0.4 is 5.32 Å². The molecule has 0 aliphatic carbocycles. The molecule has 0 aromatic heterocycles. The first-order valence-electron chi connectivity index (χ1n) is 13.7. The molecule has 0 radical (unpaired) electrons. The average molecular weight is 582 g/mol. The molecule has 1 N–H and O–H groups in total. The topological polar surface area (TPSA) is 86.8 Å². The Balaban J connectivity index is 1.53. The zero-order chi connectivity index (χ0) is 28.5. The Bertz CT molecular complexity index is 1370. The maximum atomic E-state index is 13.7. The van der Waals surface area contributed by atoms with Gasteiger partial charge in [0.15, 0.2) is 0 Å². The van der Waals surface area contributed by atoms with Gasteiger partial charge in [-0.1, -0.05) is 66.2 Å². The Morgan fingerprint density at radius 1 is 0.900 bits per heavy atom. The van der Waals surface area contributed by atoms with Gasteiger partial charge in [-0.3, -0.25) is 9.59 Å². The number of carbonyl (C=O) groups excluding carboxylic acids is 2. The molecule has 3 aromatic carbocycles. The Morgan fingerprint density at radius 2 is 1.52 bits per heavy atom. The Morgan fingerprint density at radius 3 is 2.15 bits per heavy atom. The molecule has 1 aliphatic rings. The molecular formula is C31H36ClN3O4S. The number of likely N-dealkylation sites (N-methyl/N-ethyl adjacent to an activating group) is 1. The van der Waals surface area contributed by atoms with E-state index in [1.54, 1.807) is 41.3 Å². The van der Waals surface area contributed by atoms with E-state index in [9.17, 15) is 18.0 Å². The zero-order valence-electron chi connectivity index (χ0n) is 22.8. The lowest BCUT2D eigenvalue weighted by Gasteiger charge is -2.31. The summed E-state index contributed by atoms with van der Waals surface area (Å²) in [7, 11) is -3.49. The van der Waals surface area contributed by atoms with Crippen LogP contribution in [0.25, 0.3) is 0 Å². The summed E-state index contributed by atoms with van der Waals surface area (Å²) in [6.07, 6.45) is 2.75. The van der Waals surface area contributed by atoms with Gasteiger partial charge in [-0.05, 0) is 67.1 Å². The quantitative estimate of drug-likeness (QED) is 0.332. The van der Waals surface area contributed by atoms with E-state index in [0.29, 0.717) is 37.5 Å². The van der Waals surface area contributed by atoms with Crippen molar-refractivity contribution < 1.29 is 18.0 Å². The zero-order valence-corrected chi connectivity index (χ0v) is 24.3. The minimum absolute atomic E-state index is 0.157. The van der Waals surface area contributed by atoms with E-state index < -0.39 is 16.1 Å². The number of aryl methyl sites for hydroxylation is 1. The number of rotatable bonds is 12. The Kier molecular flexibility index (Phi) is 10.4. The van der Waals surface area contributed by atoms with Gasteiger partial charge in [0.2, 0.25) is 21.8 Å². The highest BCUT2D eigenvalue weighted by Crippen LogP contribution is 2.22. The van der Waals surface area contributed by atoms with Crippen molar-refractivity contribution in [3.05, 3.63) is 101 Å². The normalized spacial score (nSPS) is 14.6. The number of nitrogens with zero attached hydrogens (tertiary/aromatic N) is 2. The van der Waals surface area contributed by atoms with Gasteiger partial charge in [-0.2, -0.15) is 4.31 Å². The summed E-state index contributed by atoms with van der Waals surface area (Å²) in [5.41, 5.74) is 2.69. The van der Waals surface area contributed by atoms with Gasteiger partial charge < -0.3 is 10.2 Å². The molecule has 1 atom stereocenters. The minimum atomic E-state index is -3.49. The van der Waals surface area contributed by atoms with Gasteiger partial charge in [-0.15, -0.1) is 0 Å². The van der Waals surface area contributed by atoms with Crippen LogP contribution in [0.3, 0.4) is 0 Å². The second kappa shape index (κ2) is 13.9. The van der Waals surface area contributed by atoms with E-state index in [1.165, 1.54) is 4.31 Å². The predicted octanol–water partition coefficient (Wildman–Crippen LogP) is 4.83. The number of sulfonamides is 1. The third kappa shape index (κ3) is 7.71. The van der Waals surface area contributed by atoms with Crippen LogP contribution in [0.2, 0.25) is 5.02 Å². The van der Waals surface area contributed by atoms with E-state index in [0.717, 1.165) is 29.5 Å². The number of amides is 2. The molecule has 0 spiro atoms. The molecule has 0 saturated carbocycles. The fourth-order valence-corrected chi connectivity index (χ4v) is 6.58. The monoisotopic (exact) mass is 581 g/mol. The number of benzene rings is 3. The summed E-state index contributed by atoms with van der Waals surface area (Å²) in [5, 5.41) is 3.50.